The first kappa shape index (κ1) is 12.7. The van der Waals surface area contributed by atoms with Crippen molar-refractivity contribution >= 4 is 17.6 Å². The molecule has 1 amide bonds. The Morgan fingerprint density at radius 1 is 1.37 bits per heavy atom. The molecule has 0 atom stereocenters. The Balaban J connectivity index is 2.17. The van der Waals surface area contributed by atoms with E-state index in [1.54, 1.807) is 12.3 Å². The zero-order valence-electron chi connectivity index (χ0n) is 9.71. The zero-order valence-corrected chi connectivity index (χ0v) is 9.71. The van der Waals surface area contributed by atoms with Crippen molar-refractivity contribution < 1.29 is 19.1 Å². The van der Waals surface area contributed by atoms with Gasteiger partial charge in [-0.3, -0.25) is 9.48 Å². The number of benzene rings is 1. The molecule has 0 aliphatic carbocycles. The summed E-state index contributed by atoms with van der Waals surface area (Å²) < 4.78 is 14.7. The van der Waals surface area contributed by atoms with Gasteiger partial charge in [0.15, 0.2) is 0 Å². The topological polar surface area (TPSA) is 84.2 Å². The van der Waals surface area contributed by atoms with Gasteiger partial charge in [-0.05, 0) is 18.2 Å². The van der Waals surface area contributed by atoms with Crippen LogP contribution in [0.25, 0.3) is 0 Å². The highest BCUT2D eigenvalue weighted by atomic mass is 19.1. The van der Waals surface area contributed by atoms with Crippen molar-refractivity contribution in [3.05, 3.63) is 48.0 Å². The van der Waals surface area contributed by atoms with Gasteiger partial charge >= 0.3 is 5.97 Å². The van der Waals surface area contributed by atoms with Gasteiger partial charge in [-0.2, -0.15) is 5.10 Å². The molecular weight excluding hydrogens is 253 g/mol. The quantitative estimate of drug-likeness (QED) is 0.872. The molecular formula is C12H10FN3O3. The van der Waals surface area contributed by atoms with E-state index in [1.165, 1.54) is 23.0 Å². The Bertz CT molecular complexity index is 611. The van der Waals surface area contributed by atoms with E-state index in [0.29, 0.717) is 0 Å². The fraction of sp³-hybridized carbons (Fsp3) is 0.0833. The number of carbonyl (C=O) groups is 2. The predicted molar refractivity (Wildman–Crippen MR) is 64.2 cm³/mol. The number of carbonyl (C=O) groups excluding carboxylic acids is 1. The van der Waals surface area contributed by atoms with Gasteiger partial charge in [-0.1, -0.05) is 6.07 Å². The van der Waals surface area contributed by atoms with E-state index in [-0.39, 0.29) is 12.2 Å². The molecule has 1 aromatic carbocycles. The van der Waals surface area contributed by atoms with E-state index in [9.17, 15) is 14.0 Å². The Morgan fingerprint density at radius 3 is 2.79 bits per heavy atom. The second-order valence-electron chi connectivity index (χ2n) is 3.72. The molecule has 0 bridgehead atoms. The van der Waals surface area contributed by atoms with Gasteiger partial charge < -0.3 is 10.4 Å². The van der Waals surface area contributed by atoms with E-state index in [1.807, 2.05) is 0 Å². The van der Waals surface area contributed by atoms with Crippen LogP contribution in [0.5, 0.6) is 0 Å². The van der Waals surface area contributed by atoms with Crippen LogP contribution in [0.15, 0.2) is 36.7 Å². The molecule has 2 rings (SSSR count). The SMILES string of the molecule is O=C(Cn1cccn1)Nc1cccc(F)c1C(=O)O. The molecule has 98 valence electrons. The van der Waals surface area contributed by atoms with Gasteiger partial charge in [0.2, 0.25) is 5.91 Å². The van der Waals surface area contributed by atoms with Crippen LogP contribution >= 0.6 is 0 Å². The summed E-state index contributed by atoms with van der Waals surface area (Å²) in [5.41, 5.74) is -0.638. The minimum Gasteiger partial charge on any atom is -0.478 e. The van der Waals surface area contributed by atoms with Gasteiger partial charge in [-0.25, -0.2) is 9.18 Å². The molecule has 6 nitrogen and oxygen atoms in total. The van der Waals surface area contributed by atoms with Gasteiger partial charge in [0, 0.05) is 12.4 Å². The van der Waals surface area contributed by atoms with Crippen LogP contribution in [0, 0.1) is 5.82 Å². The molecule has 0 radical (unpaired) electrons. The van der Waals surface area contributed by atoms with Crippen LogP contribution in [0.1, 0.15) is 10.4 Å². The molecule has 0 fully saturated rings. The van der Waals surface area contributed by atoms with Crippen LogP contribution in [0.2, 0.25) is 0 Å². The Hall–Kier alpha value is -2.70. The number of hydrogen-bond donors (Lipinski definition) is 2. The molecule has 2 N–H and O–H groups in total. The minimum absolute atomic E-state index is 0.0790. The number of nitrogens with one attached hydrogen (secondary N) is 1. The molecule has 0 spiro atoms. The van der Waals surface area contributed by atoms with Crippen molar-refractivity contribution in [2.24, 2.45) is 0 Å². The lowest BCUT2D eigenvalue weighted by Gasteiger charge is -2.09. The second-order valence-corrected chi connectivity index (χ2v) is 3.72. The van der Waals surface area contributed by atoms with Crippen molar-refractivity contribution in [1.29, 1.82) is 0 Å². The average Bonchev–Trinajstić information content (AvgIpc) is 2.81. The Labute approximate surface area is 107 Å². The molecule has 1 heterocycles. The molecule has 0 saturated heterocycles. The second kappa shape index (κ2) is 5.30. The Kier molecular flexibility index (Phi) is 3.56. The van der Waals surface area contributed by atoms with Gasteiger partial charge in [-0.15, -0.1) is 0 Å². The summed E-state index contributed by atoms with van der Waals surface area (Å²) in [6.07, 6.45) is 3.10. The molecule has 0 saturated carbocycles. The lowest BCUT2D eigenvalue weighted by Crippen LogP contribution is -2.21. The van der Waals surface area contributed by atoms with E-state index < -0.39 is 23.3 Å². The molecule has 1 aromatic heterocycles. The highest BCUT2D eigenvalue weighted by molar-refractivity contribution is 6.00. The number of hydrogen-bond acceptors (Lipinski definition) is 3. The molecule has 0 aliphatic rings. The summed E-state index contributed by atoms with van der Waals surface area (Å²) in [4.78, 5) is 22.6. The normalized spacial score (nSPS) is 10.2. The largest absolute Gasteiger partial charge is 0.478 e. The summed E-state index contributed by atoms with van der Waals surface area (Å²) in [5, 5.41) is 15.1. The minimum atomic E-state index is -1.44. The monoisotopic (exact) mass is 263 g/mol. The van der Waals surface area contributed by atoms with Crippen LogP contribution in [0.3, 0.4) is 0 Å². The first-order chi connectivity index (χ1) is 9.08. The van der Waals surface area contributed by atoms with Crippen LogP contribution in [-0.4, -0.2) is 26.8 Å². The maximum absolute atomic E-state index is 13.4. The van der Waals surface area contributed by atoms with Crippen molar-refractivity contribution in [1.82, 2.24) is 9.78 Å². The lowest BCUT2D eigenvalue weighted by atomic mass is 10.1. The van der Waals surface area contributed by atoms with Crippen molar-refractivity contribution in [3.63, 3.8) is 0 Å². The van der Waals surface area contributed by atoms with E-state index in [2.05, 4.69) is 10.4 Å². The number of aromatic carboxylic acids is 1. The third-order valence-corrected chi connectivity index (χ3v) is 2.37. The first-order valence-corrected chi connectivity index (χ1v) is 5.37. The summed E-state index contributed by atoms with van der Waals surface area (Å²) in [6, 6.07) is 5.32. The number of halogens is 1. The highest BCUT2D eigenvalue weighted by Crippen LogP contribution is 2.18. The molecule has 7 heteroatoms. The third kappa shape index (κ3) is 2.95. The fourth-order valence-electron chi connectivity index (χ4n) is 1.58. The molecule has 2 aromatic rings. The van der Waals surface area contributed by atoms with Gasteiger partial charge in [0.05, 0.1) is 5.69 Å². The summed E-state index contributed by atoms with van der Waals surface area (Å²) in [7, 11) is 0. The fourth-order valence-corrected chi connectivity index (χ4v) is 1.58. The Morgan fingerprint density at radius 2 is 2.16 bits per heavy atom. The number of anilines is 1. The number of nitrogens with zero attached hydrogens (tertiary/aromatic N) is 2. The zero-order chi connectivity index (χ0) is 13.8. The number of carboxylic acids is 1. The number of aromatic nitrogens is 2. The van der Waals surface area contributed by atoms with Gasteiger partial charge in [0.1, 0.15) is 17.9 Å². The summed E-state index contributed by atoms with van der Waals surface area (Å²) in [6.45, 7) is -0.0808. The van der Waals surface area contributed by atoms with E-state index >= 15 is 0 Å². The predicted octanol–water partition coefficient (Wildman–Crippen LogP) is 1.36. The molecule has 0 aliphatic heterocycles. The molecule has 19 heavy (non-hydrogen) atoms. The van der Waals surface area contributed by atoms with E-state index in [4.69, 9.17) is 5.11 Å². The number of carboxylic acid groups (broad SMARTS) is 1. The van der Waals surface area contributed by atoms with Gasteiger partial charge in [0.25, 0.3) is 0 Å². The standard InChI is InChI=1S/C12H10FN3O3/c13-8-3-1-4-9(11(8)12(18)19)15-10(17)7-16-6-2-5-14-16/h1-6H,7H2,(H,15,17)(H,18,19). The van der Waals surface area contributed by atoms with Crippen LogP contribution < -0.4 is 5.32 Å². The average molecular weight is 263 g/mol. The summed E-state index contributed by atoms with van der Waals surface area (Å²) >= 11 is 0. The lowest BCUT2D eigenvalue weighted by molar-refractivity contribution is -0.116. The smallest absolute Gasteiger partial charge is 0.340 e. The third-order valence-electron chi connectivity index (χ3n) is 2.37. The first-order valence-electron chi connectivity index (χ1n) is 5.37. The number of rotatable bonds is 4. The van der Waals surface area contributed by atoms with E-state index in [0.717, 1.165) is 6.07 Å². The van der Waals surface area contributed by atoms with Crippen molar-refractivity contribution in [3.8, 4) is 0 Å². The maximum Gasteiger partial charge on any atom is 0.340 e. The number of amides is 1. The van der Waals surface area contributed by atoms with Crippen LogP contribution in [0.4, 0.5) is 10.1 Å². The maximum atomic E-state index is 13.4. The van der Waals surface area contributed by atoms with Crippen molar-refractivity contribution in [2.45, 2.75) is 6.54 Å². The van der Waals surface area contributed by atoms with Crippen molar-refractivity contribution in [2.75, 3.05) is 5.32 Å². The molecule has 0 unspecified atom stereocenters. The highest BCUT2D eigenvalue weighted by Gasteiger charge is 2.17. The summed E-state index contributed by atoms with van der Waals surface area (Å²) in [5.74, 6) is -2.83. The van der Waals surface area contributed by atoms with Crippen LogP contribution in [-0.2, 0) is 11.3 Å².